The lowest BCUT2D eigenvalue weighted by molar-refractivity contribution is 0.275. The molecule has 2 fully saturated rings. The van der Waals surface area contributed by atoms with Crippen LogP contribution < -0.4 is 0 Å². The van der Waals surface area contributed by atoms with Crippen molar-refractivity contribution in [1.29, 1.82) is 0 Å². The summed E-state index contributed by atoms with van der Waals surface area (Å²) < 4.78 is 0. The molecule has 1 aliphatic heterocycles. The maximum absolute atomic E-state index is 4.15. The Morgan fingerprint density at radius 1 is 1.47 bits per heavy atom. The number of nitrogens with zero attached hydrogens (tertiary/aromatic N) is 1. The summed E-state index contributed by atoms with van der Waals surface area (Å²) in [6.07, 6.45) is 1.29. The van der Waals surface area contributed by atoms with Gasteiger partial charge in [0.25, 0.3) is 0 Å². The third-order valence-electron chi connectivity index (χ3n) is 3.52. The normalized spacial score (nSPS) is 33.0. The van der Waals surface area contributed by atoms with Gasteiger partial charge >= 0.3 is 0 Å². The van der Waals surface area contributed by atoms with Gasteiger partial charge in [-0.3, -0.25) is 0 Å². The van der Waals surface area contributed by atoms with Crippen LogP contribution in [0.25, 0.3) is 0 Å². The lowest BCUT2D eigenvalue weighted by atomic mass is 10.0. The summed E-state index contributed by atoms with van der Waals surface area (Å²) in [4.78, 5) is 2.47. The number of thioether (sulfide) groups is 1. The molecule has 1 saturated carbocycles. The third-order valence-corrected chi connectivity index (χ3v) is 4.85. The van der Waals surface area contributed by atoms with Crippen LogP contribution in [0.15, 0.2) is 41.9 Å². The molecule has 0 spiro atoms. The van der Waals surface area contributed by atoms with E-state index in [0.29, 0.717) is 0 Å². The summed E-state index contributed by atoms with van der Waals surface area (Å²) in [7, 11) is 0. The molecular weight excluding hydrogens is 202 g/mol. The number of hydrogen-bond donors (Lipinski definition) is 0. The van der Waals surface area contributed by atoms with Crippen LogP contribution in [0, 0.1) is 0 Å². The van der Waals surface area contributed by atoms with E-state index in [1.54, 1.807) is 0 Å². The molecule has 1 aromatic rings. The Morgan fingerprint density at radius 3 is 2.87 bits per heavy atom. The standard InChI is InChI=1S/C13H15NS/c1-3-14-10(2)15-12-9-13(12,14)11-7-5-4-6-8-11/h4-8,12H,2-3,9H2,1H3/t12-,13?/m0/s1. The van der Waals surface area contributed by atoms with Gasteiger partial charge < -0.3 is 4.90 Å². The molecule has 1 unspecified atom stereocenters. The van der Waals surface area contributed by atoms with Crippen LogP contribution in [0.2, 0.25) is 0 Å². The number of hydrogen-bond acceptors (Lipinski definition) is 2. The summed E-state index contributed by atoms with van der Waals surface area (Å²) in [5.74, 6) is 0. The number of rotatable bonds is 2. The van der Waals surface area contributed by atoms with Gasteiger partial charge in [-0.1, -0.05) is 36.9 Å². The van der Waals surface area contributed by atoms with E-state index in [1.807, 2.05) is 11.8 Å². The van der Waals surface area contributed by atoms with E-state index in [1.165, 1.54) is 17.0 Å². The van der Waals surface area contributed by atoms with E-state index in [4.69, 9.17) is 0 Å². The predicted molar refractivity (Wildman–Crippen MR) is 65.6 cm³/mol. The van der Waals surface area contributed by atoms with Crippen molar-refractivity contribution in [3.8, 4) is 0 Å². The van der Waals surface area contributed by atoms with Gasteiger partial charge in [0.05, 0.1) is 10.6 Å². The lowest BCUT2D eigenvalue weighted by Gasteiger charge is -2.29. The van der Waals surface area contributed by atoms with Crippen molar-refractivity contribution < 1.29 is 0 Å². The van der Waals surface area contributed by atoms with E-state index in [2.05, 4.69) is 48.7 Å². The van der Waals surface area contributed by atoms with Crippen molar-refractivity contribution in [1.82, 2.24) is 4.90 Å². The molecule has 2 atom stereocenters. The van der Waals surface area contributed by atoms with Crippen molar-refractivity contribution in [2.75, 3.05) is 6.54 Å². The molecule has 1 aromatic carbocycles. The largest absolute Gasteiger partial charge is 0.356 e. The maximum atomic E-state index is 4.15. The molecule has 0 N–H and O–H groups in total. The van der Waals surface area contributed by atoms with Crippen LogP contribution in [0.1, 0.15) is 18.9 Å². The van der Waals surface area contributed by atoms with Crippen molar-refractivity contribution in [3.05, 3.63) is 47.5 Å². The second-order valence-electron chi connectivity index (χ2n) is 4.24. The topological polar surface area (TPSA) is 3.24 Å². The lowest BCUT2D eigenvalue weighted by Crippen LogP contribution is -2.31. The van der Waals surface area contributed by atoms with Gasteiger partial charge in [-0.25, -0.2) is 0 Å². The highest BCUT2D eigenvalue weighted by Crippen LogP contribution is 2.66. The molecule has 1 saturated heterocycles. The average molecular weight is 217 g/mol. The summed E-state index contributed by atoms with van der Waals surface area (Å²) in [6, 6.07) is 10.9. The molecule has 2 heteroatoms. The molecule has 78 valence electrons. The summed E-state index contributed by atoms with van der Waals surface area (Å²) in [5.41, 5.74) is 1.75. The Labute approximate surface area is 95.2 Å². The average Bonchev–Trinajstić information content (AvgIpc) is 2.89. The Morgan fingerprint density at radius 2 is 2.20 bits per heavy atom. The van der Waals surface area contributed by atoms with Gasteiger partial charge in [0.1, 0.15) is 0 Å². The molecular formula is C13H15NS. The highest BCUT2D eigenvalue weighted by molar-refractivity contribution is 8.04. The van der Waals surface area contributed by atoms with E-state index in [9.17, 15) is 0 Å². The van der Waals surface area contributed by atoms with Crippen molar-refractivity contribution in [3.63, 3.8) is 0 Å². The predicted octanol–water partition coefficient (Wildman–Crippen LogP) is 3.19. The fourth-order valence-electron chi connectivity index (χ4n) is 2.74. The Bertz CT molecular complexity index is 400. The van der Waals surface area contributed by atoms with Crippen LogP contribution in [-0.4, -0.2) is 16.7 Å². The minimum Gasteiger partial charge on any atom is -0.356 e. The van der Waals surface area contributed by atoms with E-state index >= 15 is 0 Å². The molecule has 15 heavy (non-hydrogen) atoms. The maximum Gasteiger partial charge on any atom is 0.0793 e. The number of fused-ring (bicyclic) bond motifs is 1. The van der Waals surface area contributed by atoms with E-state index in [0.717, 1.165) is 11.8 Å². The first-order chi connectivity index (χ1) is 7.29. The summed E-state index contributed by atoms with van der Waals surface area (Å²) in [6.45, 7) is 7.43. The van der Waals surface area contributed by atoms with Crippen molar-refractivity contribution in [2.45, 2.75) is 24.1 Å². The minimum atomic E-state index is 0.289. The zero-order valence-electron chi connectivity index (χ0n) is 8.94. The summed E-state index contributed by atoms with van der Waals surface area (Å²) >= 11 is 1.95. The van der Waals surface area contributed by atoms with Gasteiger partial charge in [-0.2, -0.15) is 0 Å². The molecule has 2 aliphatic rings. The van der Waals surface area contributed by atoms with Gasteiger partial charge in [-0.15, -0.1) is 11.8 Å². The zero-order valence-corrected chi connectivity index (χ0v) is 9.76. The molecule has 1 nitrogen and oxygen atoms in total. The van der Waals surface area contributed by atoms with Crippen LogP contribution in [0.5, 0.6) is 0 Å². The smallest absolute Gasteiger partial charge is 0.0793 e. The first-order valence-electron chi connectivity index (χ1n) is 5.48. The molecule has 1 heterocycles. The van der Waals surface area contributed by atoms with Gasteiger partial charge in [-0.05, 0) is 18.9 Å². The van der Waals surface area contributed by atoms with E-state index < -0.39 is 0 Å². The highest BCUT2D eigenvalue weighted by atomic mass is 32.2. The Hall–Kier alpha value is -0.890. The molecule has 0 aromatic heterocycles. The molecule has 0 bridgehead atoms. The van der Waals surface area contributed by atoms with Gasteiger partial charge in [0.15, 0.2) is 0 Å². The van der Waals surface area contributed by atoms with Crippen LogP contribution in [0.3, 0.4) is 0 Å². The SMILES string of the molecule is C=C1S[C@H]2CC2(c2ccccc2)N1CC. The Balaban J connectivity index is 2.03. The first-order valence-corrected chi connectivity index (χ1v) is 6.35. The van der Waals surface area contributed by atoms with Gasteiger partial charge in [0.2, 0.25) is 0 Å². The summed E-state index contributed by atoms with van der Waals surface area (Å²) in [5, 5.41) is 1.99. The van der Waals surface area contributed by atoms with E-state index in [-0.39, 0.29) is 5.54 Å². The first kappa shape index (κ1) is 9.34. The Kier molecular flexibility index (Phi) is 1.90. The van der Waals surface area contributed by atoms with Crippen molar-refractivity contribution in [2.24, 2.45) is 0 Å². The monoisotopic (exact) mass is 217 g/mol. The second kappa shape index (κ2) is 3.05. The van der Waals surface area contributed by atoms with Crippen LogP contribution in [-0.2, 0) is 5.54 Å². The molecule has 0 amide bonds. The quantitative estimate of drug-likeness (QED) is 0.748. The molecule has 0 radical (unpaired) electrons. The fraction of sp³-hybridized carbons (Fsp3) is 0.385. The van der Waals surface area contributed by atoms with Crippen LogP contribution in [0.4, 0.5) is 0 Å². The van der Waals surface area contributed by atoms with Crippen molar-refractivity contribution >= 4 is 11.8 Å². The fourth-order valence-corrected chi connectivity index (χ4v) is 4.29. The van der Waals surface area contributed by atoms with Crippen LogP contribution >= 0.6 is 11.8 Å². The zero-order chi connectivity index (χ0) is 10.5. The number of benzene rings is 1. The minimum absolute atomic E-state index is 0.289. The van der Waals surface area contributed by atoms with Gasteiger partial charge in [0, 0.05) is 11.8 Å². The highest BCUT2D eigenvalue weighted by Gasteiger charge is 2.64. The molecule has 1 aliphatic carbocycles. The second-order valence-corrected chi connectivity index (χ2v) is 5.51. The third kappa shape index (κ3) is 1.11. The molecule has 3 rings (SSSR count).